The monoisotopic (exact) mass is 257 g/mol. The van der Waals surface area contributed by atoms with E-state index in [1.165, 1.54) is 0 Å². The molecule has 0 bridgehead atoms. The predicted octanol–water partition coefficient (Wildman–Crippen LogP) is 2.46. The van der Waals surface area contributed by atoms with E-state index in [9.17, 15) is 4.79 Å². The van der Waals surface area contributed by atoms with E-state index in [0.717, 1.165) is 11.3 Å². The van der Waals surface area contributed by atoms with Crippen molar-refractivity contribution >= 4 is 11.7 Å². The lowest BCUT2D eigenvalue weighted by Crippen LogP contribution is -2.19. The van der Waals surface area contributed by atoms with Crippen LogP contribution in [-0.4, -0.2) is 12.5 Å². The summed E-state index contributed by atoms with van der Waals surface area (Å²) >= 11 is 0. The minimum atomic E-state index is -0.150. The topological polar surface area (TPSA) is 52.5 Å². The SMILES string of the molecule is CCOc1ccc(C(=O)Nc2ccc(C)c[nH+]2)cc1. The van der Waals surface area contributed by atoms with Crippen LogP contribution in [-0.2, 0) is 0 Å². The van der Waals surface area contributed by atoms with Crippen molar-refractivity contribution in [1.82, 2.24) is 0 Å². The highest BCUT2D eigenvalue weighted by Gasteiger charge is 2.12. The Morgan fingerprint density at radius 2 is 1.95 bits per heavy atom. The summed E-state index contributed by atoms with van der Waals surface area (Å²) in [6, 6.07) is 10.8. The molecule has 1 aromatic heterocycles. The molecule has 19 heavy (non-hydrogen) atoms. The Bertz CT molecular complexity index is 547. The summed E-state index contributed by atoms with van der Waals surface area (Å²) in [6.07, 6.45) is 1.84. The van der Waals surface area contributed by atoms with Crippen molar-refractivity contribution < 1.29 is 14.5 Å². The summed E-state index contributed by atoms with van der Waals surface area (Å²) < 4.78 is 5.33. The van der Waals surface area contributed by atoms with Gasteiger partial charge in [0.15, 0.2) is 0 Å². The number of nitrogens with one attached hydrogen (secondary N) is 2. The number of aromatic nitrogens is 1. The van der Waals surface area contributed by atoms with Gasteiger partial charge in [-0.1, -0.05) is 0 Å². The third-order valence-corrected chi connectivity index (χ3v) is 2.64. The summed E-state index contributed by atoms with van der Waals surface area (Å²) in [5.74, 6) is 1.29. The molecule has 1 amide bonds. The molecule has 0 aliphatic rings. The Kier molecular flexibility index (Phi) is 4.13. The number of hydrogen-bond donors (Lipinski definition) is 1. The molecular weight excluding hydrogens is 240 g/mol. The summed E-state index contributed by atoms with van der Waals surface area (Å²) in [5.41, 5.74) is 1.71. The first-order valence-corrected chi connectivity index (χ1v) is 6.21. The van der Waals surface area contributed by atoms with E-state index in [4.69, 9.17) is 4.74 Å². The van der Waals surface area contributed by atoms with E-state index in [1.807, 2.05) is 32.2 Å². The summed E-state index contributed by atoms with van der Waals surface area (Å²) in [4.78, 5) is 15.0. The molecule has 0 radical (unpaired) electrons. The minimum Gasteiger partial charge on any atom is -0.494 e. The van der Waals surface area contributed by atoms with Gasteiger partial charge in [0.2, 0.25) is 0 Å². The number of rotatable bonds is 4. The number of anilines is 1. The second kappa shape index (κ2) is 6.00. The molecular formula is C15H17N2O2+. The van der Waals surface area contributed by atoms with Crippen molar-refractivity contribution in [2.75, 3.05) is 11.9 Å². The number of hydrogen-bond acceptors (Lipinski definition) is 2. The number of pyridine rings is 1. The van der Waals surface area contributed by atoms with E-state index in [2.05, 4.69) is 10.3 Å². The van der Waals surface area contributed by atoms with E-state index in [-0.39, 0.29) is 5.91 Å². The van der Waals surface area contributed by atoms with Gasteiger partial charge in [-0.15, -0.1) is 0 Å². The van der Waals surface area contributed by atoms with Crippen LogP contribution in [0, 0.1) is 6.92 Å². The van der Waals surface area contributed by atoms with Crippen molar-refractivity contribution in [2.45, 2.75) is 13.8 Å². The van der Waals surface area contributed by atoms with Gasteiger partial charge in [-0.05, 0) is 49.7 Å². The normalized spacial score (nSPS) is 10.0. The molecule has 2 rings (SSSR count). The molecule has 2 N–H and O–H groups in total. The van der Waals surface area contributed by atoms with Crippen molar-refractivity contribution in [3.8, 4) is 5.75 Å². The Labute approximate surface area is 112 Å². The molecule has 0 saturated heterocycles. The minimum absolute atomic E-state index is 0.150. The number of carbonyl (C=O) groups is 1. The first kappa shape index (κ1) is 13.1. The maximum Gasteiger partial charge on any atom is 0.339 e. The Hall–Kier alpha value is -2.36. The van der Waals surface area contributed by atoms with Gasteiger partial charge in [-0.3, -0.25) is 0 Å². The molecule has 0 atom stereocenters. The zero-order valence-electron chi connectivity index (χ0n) is 11.1. The van der Waals surface area contributed by atoms with Gasteiger partial charge in [0, 0.05) is 6.07 Å². The van der Waals surface area contributed by atoms with Gasteiger partial charge in [0.1, 0.15) is 5.75 Å². The van der Waals surface area contributed by atoms with Crippen LogP contribution in [0.2, 0.25) is 0 Å². The van der Waals surface area contributed by atoms with Crippen molar-refractivity contribution in [2.24, 2.45) is 0 Å². The number of benzene rings is 1. The molecule has 0 spiro atoms. The third-order valence-electron chi connectivity index (χ3n) is 2.64. The molecule has 2 aromatic rings. The van der Waals surface area contributed by atoms with Gasteiger partial charge in [0.05, 0.1) is 18.4 Å². The number of ether oxygens (including phenoxy) is 1. The van der Waals surface area contributed by atoms with Crippen LogP contribution in [0.4, 0.5) is 5.82 Å². The van der Waals surface area contributed by atoms with Crippen LogP contribution < -0.4 is 15.0 Å². The molecule has 4 nitrogen and oxygen atoms in total. The van der Waals surface area contributed by atoms with Crippen LogP contribution in [0.3, 0.4) is 0 Å². The van der Waals surface area contributed by atoms with Crippen molar-refractivity contribution in [3.05, 3.63) is 53.7 Å². The number of H-pyrrole nitrogens is 1. The first-order chi connectivity index (χ1) is 9.19. The molecule has 98 valence electrons. The predicted molar refractivity (Wildman–Crippen MR) is 73.3 cm³/mol. The van der Waals surface area contributed by atoms with E-state index in [0.29, 0.717) is 18.0 Å². The Balaban J connectivity index is 2.05. The van der Waals surface area contributed by atoms with Crippen LogP contribution in [0.1, 0.15) is 22.8 Å². The van der Waals surface area contributed by atoms with Crippen molar-refractivity contribution in [1.29, 1.82) is 0 Å². The fraction of sp³-hybridized carbons (Fsp3) is 0.200. The lowest BCUT2D eigenvalue weighted by molar-refractivity contribution is -0.361. The maximum absolute atomic E-state index is 12.0. The fourth-order valence-corrected chi connectivity index (χ4v) is 1.64. The smallest absolute Gasteiger partial charge is 0.339 e. The largest absolute Gasteiger partial charge is 0.494 e. The number of aromatic amines is 1. The third kappa shape index (κ3) is 3.55. The second-order valence-electron chi connectivity index (χ2n) is 4.19. The molecule has 1 aromatic carbocycles. The summed E-state index contributed by atoms with van der Waals surface area (Å²) in [6.45, 7) is 4.52. The van der Waals surface area contributed by atoms with Crippen LogP contribution in [0.25, 0.3) is 0 Å². The highest BCUT2D eigenvalue weighted by atomic mass is 16.5. The lowest BCUT2D eigenvalue weighted by atomic mass is 10.2. The average Bonchev–Trinajstić information content (AvgIpc) is 2.42. The molecule has 0 aliphatic heterocycles. The highest BCUT2D eigenvalue weighted by Crippen LogP contribution is 2.13. The molecule has 0 fully saturated rings. The number of amides is 1. The zero-order valence-corrected chi connectivity index (χ0v) is 11.1. The Morgan fingerprint density at radius 3 is 2.53 bits per heavy atom. The summed E-state index contributed by atoms with van der Waals surface area (Å²) in [5, 5.41) is 2.80. The zero-order chi connectivity index (χ0) is 13.7. The van der Waals surface area contributed by atoms with Gasteiger partial charge < -0.3 is 4.74 Å². The van der Waals surface area contributed by atoms with Crippen LogP contribution in [0.15, 0.2) is 42.6 Å². The van der Waals surface area contributed by atoms with E-state index < -0.39 is 0 Å². The molecule has 0 saturated carbocycles. The molecule has 0 aliphatic carbocycles. The highest BCUT2D eigenvalue weighted by molar-refractivity contribution is 6.03. The van der Waals surface area contributed by atoms with E-state index in [1.54, 1.807) is 24.3 Å². The molecule has 1 heterocycles. The number of carbonyl (C=O) groups excluding carboxylic acids is 1. The maximum atomic E-state index is 12.0. The van der Waals surface area contributed by atoms with Gasteiger partial charge >= 0.3 is 5.91 Å². The van der Waals surface area contributed by atoms with Crippen LogP contribution in [0.5, 0.6) is 5.75 Å². The summed E-state index contributed by atoms with van der Waals surface area (Å²) in [7, 11) is 0. The Morgan fingerprint density at radius 1 is 1.21 bits per heavy atom. The first-order valence-electron chi connectivity index (χ1n) is 6.21. The lowest BCUT2D eigenvalue weighted by Gasteiger charge is -2.03. The fourth-order valence-electron chi connectivity index (χ4n) is 1.64. The van der Waals surface area contributed by atoms with Crippen molar-refractivity contribution in [3.63, 3.8) is 0 Å². The van der Waals surface area contributed by atoms with Gasteiger partial charge in [0.25, 0.3) is 5.82 Å². The quantitative estimate of drug-likeness (QED) is 0.914. The van der Waals surface area contributed by atoms with Gasteiger partial charge in [-0.25, -0.2) is 15.1 Å². The molecule has 0 unspecified atom stereocenters. The van der Waals surface area contributed by atoms with Gasteiger partial charge in [-0.2, -0.15) is 0 Å². The standard InChI is InChI=1S/C15H16N2O2/c1-3-19-13-7-5-12(6-8-13)15(18)17-14-9-4-11(2)10-16-14/h4-10H,3H2,1-2H3,(H,16,17,18)/p+1. The molecule has 4 heteroatoms. The van der Waals surface area contributed by atoms with Crippen LogP contribution >= 0.6 is 0 Å². The van der Waals surface area contributed by atoms with E-state index >= 15 is 0 Å². The average molecular weight is 257 g/mol. The number of aryl methyl sites for hydroxylation is 1. The second-order valence-corrected chi connectivity index (χ2v) is 4.19.